The van der Waals surface area contributed by atoms with Gasteiger partial charge in [-0.2, -0.15) is 0 Å². The van der Waals surface area contributed by atoms with Gasteiger partial charge in [0.25, 0.3) is 0 Å². The second-order valence-corrected chi connectivity index (χ2v) is 10.3. The van der Waals surface area contributed by atoms with E-state index in [1.807, 2.05) is 5.38 Å². The Kier molecular flexibility index (Phi) is 6.71. The van der Waals surface area contributed by atoms with Gasteiger partial charge in [0.2, 0.25) is 0 Å². The highest BCUT2D eigenvalue weighted by molar-refractivity contribution is 9.10. The number of amidine groups is 1. The molecule has 4 heterocycles. The van der Waals surface area contributed by atoms with Crippen molar-refractivity contribution in [1.29, 1.82) is 0 Å². The molecule has 0 saturated carbocycles. The van der Waals surface area contributed by atoms with Crippen LogP contribution in [0.25, 0.3) is 0 Å². The normalized spacial score (nSPS) is 26.3. The van der Waals surface area contributed by atoms with Gasteiger partial charge in [0, 0.05) is 40.4 Å². The van der Waals surface area contributed by atoms with E-state index in [0.29, 0.717) is 46.2 Å². The first-order valence-corrected chi connectivity index (χ1v) is 12.6. The third kappa shape index (κ3) is 4.51. The lowest BCUT2D eigenvalue weighted by molar-refractivity contribution is -0.143. The van der Waals surface area contributed by atoms with Gasteiger partial charge in [0.1, 0.15) is 11.9 Å². The summed E-state index contributed by atoms with van der Waals surface area (Å²) in [6.07, 6.45) is 2.13. The molecule has 184 valence electrons. The monoisotopic (exact) mass is 564 g/mol. The highest BCUT2D eigenvalue weighted by atomic mass is 79.9. The molecule has 4 atom stereocenters. The first kappa shape index (κ1) is 24.0. The van der Waals surface area contributed by atoms with Gasteiger partial charge in [0.05, 0.1) is 31.8 Å². The van der Waals surface area contributed by atoms with Gasteiger partial charge in [-0.25, -0.2) is 14.2 Å². The number of carbonyl (C=O) groups excluding carboxylic acids is 1. The molecule has 2 bridgehead atoms. The Morgan fingerprint density at radius 2 is 2.23 bits per heavy atom. The first-order chi connectivity index (χ1) is 16.9. The third-order valence-corrected chi connectivity index (χ3v) is 8.03. The van der Waals surface area contributed by atoms with E-state index in [0.717, 1.165) is 0 Å². The van der Waals surface area contributed by atoms with Gasteiger partial charge >= 0.3 is 11.9 Å². The van der Waals surface area contributed by atoms with Crippen molar-refractivity contribution in [2.75, 3.05) is 26.9 Å². The van der Waals surface area contributed by atoms with E-state index in [-0.39, 0.29) is 24.2 Å². The minimum atomic E-state index is -0.857. The number of aromatic nitrogens is 1. The number of rotatable bonds is 6. The minimum absolute atomic E-state index is 0.0961. The maximum atomic E-state index is 13.9. The Bertz CT molecular complexity index is 1220. The minimum Gasteiger partial charge on any atom is -0.481 e. The third-order valence-electron chi connectivity index (χ3n) is 6.57. The van der Waals surface area contributed by atoms with Crippen LogP contribution in [-0.2, 0) is 19.1 Å². The van der Waals surface area contributed by atoms with E-state index < -0.39 is 29.7 Å². The van der Waals surface area contributed by atoms with Crippen LogP contribution in [0, 0.1) is 11.7 Å². The molecule has 2 fully saturated rings. The molecule has 2 saturated heterocycles. The van der Waals surface area contributed by atoms with Gasteiger partial charge in [-0.15, -0.1) is 11.3 Å². The van der Waals surface area contributed by atoms with E-state index in [4.69, 9.17) is 14.5 Å². The summed E-state index contributed by atoms with van der Waals surface area (Å²) in [5.74, 6) is -1.94. The zero-order valence-corrected chi connectivity index (χ0v) is 21.0. The number of nitrogens with one attached hydrogen (secondary N) is 1. The van der Waals surface area contributed by atoms with Crippen molar-refractivity contribution in [2.45, 2.75) is 24.5 Å². The van der Waals surface area contributed by atoms with Gasteiger partial charge in [-0.1, -0.05) is 22.0 Å². The van der Waals surface area contributed by atoms with E-state index >= 15 is 0 Å². The lowest BCUT2D eigenvalue weighted by Gasteiger charge is -2.37. The fourth-order valence-electron chi connectivity index (χ4n) is 4.95. The molecule has 2 aromatic rings. The molecule has 0 amide bonds. The number of ether oxygens (including phenoxy) is 2. The fraction of sp³-hybridized carbons (Fsp3) is 0.391. The summed E-state index contributed by atoms with van der Waals surface area (Å²) in [7, 11) is 1.29. The van der Waals surface area contributed by atoms with Crippen LogP contribution in [0.4, 0.5) is 4.39 Å². The number of benzene rings is 1. The lowest BCUT2D eigenvalue weighted by atomic mass is 9.95. The summed E-state index contributed by atoms with van der Waals surface area (Å²) in [5.41, 5.74) is 1.41. The van der Waals surface area contributed by atoms with E-state index in [9.17, 15) is 19.1 Å². The van der Waals surface area contributed by atoms with Crippen molar-refractivity contribution in [3.05, 3.63) is 61.9 Å². The number of thiazole rings is 1. The molecule has 1 aromatic carbocycles. The number of fused-ring (bicyclic) bond motifs is 2. The van der Waals surface area contributed by atoms with Crippen molar-refractivity contribution in [3.63, 3.8) is 0 Å². The maximum Gasteiger partial charge on any atom is 0.338 e. The summed E-state index contributed by atoms with van der Waals surface area (Å²) >= 11 is 4.80. The van der Waals surface area contributed by atoms with Crippen molar-refractivity contribution in [2.24, 2.45) is 10.9 Å². The molecule has 9 nitrogen and oxygen atoms in total. The highest BCUT2D eigenvalue weighted by Crippen LogP contribution is 2.39. The SMILES string of the molecule is COC(=O)C1=C(CN2C3COCC2C(C(=O)O)C3)NC(c2nccs2)=N[C@H]1c1ccc(F)cc1Br. The summed E-state index contributed by atoms with van der Waals surface area (Å²) in [6.45, 7) is 0.989. The molecule has 0 spiro atoms. The van der Waals surface area contributed by atoms with Crippen LogP contribution < -0.4 is 5.32 Å². The molecule has 0 radical (unpaired) electrons. The Labute approximate surface area is 212 Å². The Hall–Kier alpha value is -2.67. The Balaban J connectivity index is 1.60. The zero-order chi connectivity index (χ0) is 24.7. The molecule has 0 aliphatic carbocycles. The summed E-state index contributed by atoms with van der Waals surface area (Å²) < 4.78 is 25.1. The predicted octanol–water partition coefficient (Wildman–Crippen LogP) is 2.74. The number of hydrogen-bond acceptors (Lipinski definition) is 9. The van der Waals surface area contributed by atoms with Crippen molar-refractivity contribution >= 4 is 45.0 Å². The number of carbonyl (C=O) groups is 2. The number of aliphatic carboxylic acids is 1. The van der Waals surface area contributed by atoms with Crippen molar-refractivity contribution < 1.29 is 28.6 Å². The van der Waals surface area contributed by atoms with Crippen LogP contribution >= 0.6 is 27.3 Å². The number of hydrogen-bond donors (Lipinski definition) is 2. The average Bonchev–Trinajstić information content (AvgIpc) is 3.42. The quantitative estimate of drug-likeness (QED) is 0.515. The number of carboxylic acid groups (broad SMARTS) is 1. The summed E-state index contributed by atoms with van der Waals surface area (Å²) in [5, 5.41) is 15.4. The first-order valence-electron chi connectivity index (χ1n) is 10.9. The molecule has 2 N–H and O–H groups in total. The van der Waals surface area contributed by atoms with Crippen molar-refractivity contribution in [3.8, 4) is 0 Å². The molecule has 35 heavy (non-hydrogen) atoms. The number of morpholine rings is 1. The van der Waals surface area contributed by atoms with Gasteiger partial charge in [-0.3, -0.25) is 14.7 Å². The molecule has 1 aromatic heterocycles. The van der Waals surface area contributed by atoms with Crippen LogP contribution in [0.15, 0.2) is 50.5 Å². The molecule has 3 aliphatic rings. The Morgan fingerprint density at radius 1 is 1.40 bits per heavy atom. The number of carboxylic acids is 1. The number of esters is 1. The summed E-state index contributed by atoms with van der Waals surface area (Å²) in [4.78, 5) is 36.2. The second-order valence-electron chi connectivity index (χ2n) is 8.50. The van der Waals surface area contributed by atoms with Gasteiger partial charge < -0.3 is 19.9 Å². The van der Waals surface area contributed by atoms with Gasteiger partial charge in [0.15, 0.2) is 10.8 Å². The van der Waals surface area contributed by atoms with E-state index in [1.54, 1.807) is 12.3 Å². The molecular weight excluding hydrogens is 543 g/mol. The van der Waals surface area contributed by atoms with Crippen LogP contribution in [0.5, 0.6) is 0 Å². The number of halogens is 2. The van der Waals surface area contributed by atoms with E-state index in [1.165, 1.54) is 30.6 Å². The molecule has 12 heteroatoms. The molecule has 5 rings (SSSR count). The van der Waals surface area contributed by atoms with E-state index in [2.05, 4.69) is 31.1 Å². The number of methoxy groups -OCH3 is 1. The number of aliphatic imine (C=N–C) groups is 1. The lowest BCUT2D eigenvalue weighted by Crippen LogP contribution is -2.50. The average molecular weight is 565 g/mol. The number of nitrogens with zero attached hydrogens (tertiary/aromatic N) is 3. The fourth-order valence-corrected chi connectivity index (χ4v) is 6.11. The summed E-state index contributed by atoms with van der Waals surface area (Å²) in [6, 6.07) is 3.01. The topological polar surface area (TPSA) is 113 Å². The highest BCUT2D eigenvalue weighted by Gasteiger charge is 2.48. The zero-order valence-electron chi connectivity index (χ0n) is 18.6. The largest absolute Gasteiger partial charge is 0.481 e. The predicted molar refractivity (Wildman–Crippen MR) is 129 cm³/mol. The smallest absolute Gasteiger partial charge is 0.338 e. The van der Waals surface area contributed by atoms with Crippen LogP contribution in [0.1, 0.15) is 23.0 Å². The standard InChI is InChI=1S/C23H22BrFN4O5S/c1-33-23(32)18-16(8-29-12-7-14(22(30)31)17(29)10-34-9-12)27-20(21-26-4-5-35-21)28-19(18)13-3-2-11(25)6-15(13)24/h2-6,12,14,17,19H,7-10H2,1H3,(H,27,28)(H,30,31)/t12?,14?,17?,19-/m0/s1. The van der Waals surface area contributed by atoms with Crippen molar-refractivity contribution in [1.82, 2.24) is 15.2 Å². The molecular formula is C23H22BrFN4O5S. The van der Waals surface area contributed by atoms with Crippen LogP contribution in [0.3, 0.4) is 0 Å². The van der Waals surface area contributed by atoms with Crippen LogP contribution in [0.2, 0.25) is 0 Å². The molecule has 3 unspecified atom stereocenters. The maximum absolute atomic E-state index is 13.9. The Morgan fingerprint density at radius 3 is 2.91 bits per heavy atom. The molecule has 3 aliphatic heterocycles. The van der Waals surface area contributed by atoms with Crippen LogP contribution in [-0.4, -0.2) is 71.7 Å². The van der Waals surface area contributed by atoms with Gasteiger partial charge in [-0.05, 0) is 24.1 Å². The second kappa shape index (κ2) is 9.76.